The molecule has 2 aliphatic heterocycles. The summed E-state index contributed by atoms with van der Waals surface area (Å²) in [5.74, 6) is -1.37. The molecule has 0 amide bonds. The molecule has 8 heteroatoms. The lowest BCUT2D eigenvalue weighted by atomic mass is 9.97. The van der Waals surface area contributed by atoms with Crippen molar-refractivity contribution in [2.24, 2.45) is 11.7 Å². The maximum atomic E-state index is 15.2. The summed E-state index contributed by atoms with van der Waals surface area (Å²) in [7, 11) is 0. The van der Waals surface area contributed by atoms with Crippen LogP contribution in [-0.2, 0) is 0 Å². The summed E-state index contributed by atoms with van der Waals surface area (Å²) >= 11 is 0. The number of carboxylic acid groups (broad SMARTS) is 1. The van der Waals surface area contributed by atoms with Gasteiger partial charge in [0.05, 0.1) is 22.9 Å². The molecular weight excluding hydrogens is 363 g/mol. The molecule has 2 fully saturated rings. The normalized spacial score (nSPS) is 25.0. The molecule has 0 radical (unpaired) electrons. The fraction of sp³-hybridized carbons (Fsp3) is 0.500. The van der Waals surface area contributed by atoms with E-state index in [1.807, 2.05) is 11.8 Å². The molecule has 1 aromatic carbocycles. The van der Waals surface area contributed by atoms with E-state index >= 15 is 4.39 Å². The van der Waals surface area contributed by atoms with Gasteiger partial charge in [0.2, 0.25) is 0 Å². The van der Waals surface area contributed by atoms with Gasteiger partial charge in [-0.1, -0.05) is 0 Å². The van der Waals surface area contributed by atoms with Gasteiger partial charge in [0.15, 0.2) is 0 Å². The number of nitrogens with one attached hydrogen (secondary N) is 1. The number of nitrogens with zero attached hydrogens (tertiary/aromatic N) is 2. The molecule has 148 valence electrons. The van der Waals surface area contributed by atoms with Crippen LogP contribution in [0.2, 0.25) is 0 Å². The van der Waals surface area contributed by atoms with Crippen molar-refractivity contribution in [3.63, 3.8) is 0 Å². The van der Waals surface area contributed by atoms with Crippen molar-refractivity contribution in [3.8, 4) is 0 Å². The summed E-state index contributed by atoms with van der Waals surface area (Å²) in [6.45, 7) is 3.69. The highest BCUT2D eigenvalue weighted by Crippen LogP contribution is 2.47. The van der Waals surface area contributed by atoms with Crippen molar-refractivity contribution in [2.75, 3.05) is 29.9 Å². The molecule has 7 nitrogen and oxygen atoms in total. The second kappa shape index (κ2) is 5.70. The Kier molecular flexibility index (Phi) is 3.56. The average molecular weight is 386 g/mol. The predicted molar refractivity (Wildman–Crippen MR) is 105 cm³/mol. The second-order valence-corrected chi connectivity index (χ2v) is 8.45. The first-order valence-electron chi connectivity index (χ1n) is 9.73. The first-order valence-corrected chi connectivity index (χ1v) is 9.73. The molecule has 2 aromatic rings. The Morgan fingerprint density at radius 3 is 2.82 bits per heavy atom. The van der Waals surface area contributed by atoms with Crippen LogP contribution in [-0.4, -0.2) is 40.8 Å². The lowest BCUT2D eigenvalue weighted by Gasteiger charge is -2.32. The number of rotatable bonds is 3. The zero-order valence-electron chi connectivity index (χ0n) is 15.7. The molecule has 0 unspecified atom stereocenters. The molecule has 0 bridgehead atoms. The number of anilines is 2. The standard InChI is InChI=1S/C20H23FN4O3/c1-10-8-23-15-16-11(6-13(19(27)28)18(26)25(10)16)7-14(21)17(15)24-5-2-12(9-24)20(22)3-4-20/h6-7,10,12,23H,2-5,8-9,22H2,1H3,(H,27,28)/t10-,12+/m0/s1. The molecule has 2 atom stereocenters. The van der Waals surface area contributed by atoms with E-state index in [2.05, 4.69) is 5.32 Å². The maximum Gasteiger partial charge on any atom is 0.341 e. The fourth-order valence-electron chi connectivity index (χ4n) is 4.84. The summed E-state index contributed by atoms with van der Waals surface area (Å²) in [5.41, 5.74) is 6.98. The molecular formula is C20H23FN4O3. The van der Waals surface area contributed by atoms with Crippen molar-refractivity contribution in [2.45, 2.75) is 37.8 Å². The zero-order valence-corrected chi connectivity index (χ0v) is 15.7. The molecule has 5 rings (SSSR count). The van der Waals surface area contributed by atoms with Crippen LogP contribution in [0.15, 0.2) is 16.9 Å². The van der Waals surface area contributed by atoms with Crippen molar-refractivity contribution in [1.29, 1.82) is 0 Å². The fourth-order valence-corrected chi connectivity index (χ4v) is 4.84. The van der Waals surface area contributed by atoms with Gasteiger partial charge in [0, 0.05) is 30.6 Å². The molecule has 3 aliphatic rings. The molecule has 4 N–H and O–H groups in total. The van der Waals surface area contributed by atoms with Gasteiger partial charge in [-0.2, -0.15) is 0 Å². The maximum absolute atomic E-state index is 15.2. The van der Waals surface area contributed by atoms with Crippen LogP contribution >= 0.6 is 0 Å². The summed E-state index contributed by atoms with van der Waals surface area (Å²) in [5, 5.41) is 13.1. The van der Waals surface area contributed by atoms with E-state index in [9.17, 15) is 14.7 Å². The number of hydrogen-bond donors (Lipinski definition) is 3. The summed E-state index contributed by atoms with van der Waals surface area (Å²) in [6, 6.07) is 2.39. The molecule has 1 aliphatic carbocycles. The number of nitrogens with two attached hydrogens (primary N) is 1. The first-order chi connectivity index (χ1) is 13.3. The van der Waals surface area contributed by atoms with Crippen molar-refractivity contribution in [3.05, 3.63) is 33.9 Å². The van der Waals surface area contributed by atoms with Crippen LogP contribution in [0.25, 0.3) is 10.9 Å². The highest BCUT2D eigenvalue weighted by molar-refractivity contribution is 6.02. The first kappa shape index (κ1) is 17.5. The van der Waals surface area contributed by atoms with Gasteiger partial charge in [-0.05, 0) is 44.2 Å². The summed E-state index contributed by atoms with van der Waals surface area (Å²) < 4.78 is 16.7. The third-order valence-electron chi connectivity index (χ3n) is 6.64. The van der Waals surface area contributed by atoms with Gasteiger partial charge < -0.3 is 25.6 Å². The highest BCUT2D eigenvalue weighted by Gasteiger charge is 2.48. The van der Waals surface area contributed by atoms with Gasteiger partial charge >= 0.3 is 5.97 Å². The quantitative estimate of drug-likeness (QED) is 0.747. The summed E-state index contributed by atoms with van der Waals surface area (Å²) in [6.07, 6.45) is 2.96. The van der Waals surface area contributed by atoms with Crippen molar-refractivity contribution >= 4 is 28.2 Å². The van der Waals surface area contributed by atoms with Crippen LogP contribution < -0.4 is 21.5 Å². The number of carboxylic acids is 1. The minimum Gasteiger partial charge on any atom is -0.477 e. The van der Waals surface area contributed by atoms with Crippen LogP contribution in [0.3, 0.4) is 0 Å². The number of halogens is 1. The Morgan fingerprint density at radius 2 is 2.14 bits per heavy atom. The molecule has 1 saturated carbocycles. The van der Waals surface area contributed by atoms with E-state index in [1.54, 1.807) is 0 Å². The van der Waals surface area contributed by atoms with E-state index in [-0.39, 0.29) is 17.1 Å². The van der Waals surface area contributed by atoms with Gasteiger partial charge in [-0.3, -0.25) is 4.79 Å². The number of aromatic carboxylic acids is 1. The minimum atomic E-state index is -1.30. The molecule has 0 spiro atoms. The van der Waals surface area contributed by atoms with E-state index in [1.165, 1.54) is 16.7 Å². The average Bonchev–Trinajstić information content (AvgIpc) is 3.20. The Morgan fingerprint density at radius 1 is 1.39 bits per heavy atom. The smallest absolute Gasteiger partial charge is 0.341 e. The minimum absolute atomic E-state index is 0.111. The van der Waals surface area contributed by atoms with Crippen LogP contribution in [0, 0.1) is 11.7 Å². The zero-order chi connectivity index (χ0) is 19.8. The predicted octanol–water partition coefficient (Wildman–Crippen LogP) is 2.14. The molecule has 1 saturated heterocycles. The number of hydrogen-bond acceptors (Lipinski definition) is 5. The third kappa shape index (κ3) is 2.37. The van der Waals surface area contributed by atoms with E-state index < -0.39 is 17.3 Å². The molecule has 1 aromatic heterocycles. The third-order valence-corrected chi connectivity index (χ3v) is 6.64. The van der Waals surface area contributed by atoms with E-state index in [0.717, 1.165) is 19.3 Å². The number of benzene rings is 1. The Labute approximate surface area is 160 Å². The Hall–Kier alpha value is -2.61. The van der Waals surface area contributed by atoms with Crippen molar-refractivity contribution in [1.82, 2.24) is 4.57 Å². The lowest BCUT2D eigenvalue weighted by molar-refractivity contribution is 0.0694. The van der Waals surface area contributed by atoms with Gasteiger partial charge in [-0.15, -0.1) is 0 Å². The van der Waals surface area contributed by atoms with Crippen LogP contribution in [0.4, 0.5) is 15.8 Å². The van der Waals surface area contributed by atoms with Gasteiger partial charge in [0.25, 0.3) is 5.56 Å². The molecule has 28 heavy (non-hydrogen) atoms. The van der Waals surface area contributed by atoms with Gasteiger partial charge in [-0.25, -0.2) is 9.18 Å². The lowest BCUT2D eigenvalue weighted by Crippen LogP contribution is -2.37. The second-order valence-electron chi connectivity index (χ2n) is 8.45. The Balaban J connectivity index is 1.70. The number of carbonyl (C=O) groups is 1. The number of aromatic nitrogens is 1. The van der Waals surface area contributed by atoms with E-state index in [0.29, 0.717) is 47.8 Å². The largest absolute Gasteiger partial charge is 0.477 e. The monoisotopic (exact) mass is 386 g/mol. The van der Waals surface area contributed by atoms with Crippen LogP contribution in [0.1, 0.15) is 42.6 Å². The van der Waals surface area contributed by atoms with Crippen LogP contribution in [0.5, 0.6) is 0 Å². The SMILES string of the molecule is C[C@H]1CNc2c(N3CC[C@@H](C4(N)CC4)C3)c(F)cc3cc(C(=O)O)c(=O)n1c23. The molecule has 3 heterocycles. The topological polar surface area (TPSA) is 101 Å². The van der Waals surface area contributed by atoms with Gasteiger partial charge in [0.1, 0.15) is 11.4 Å². The Bertz CT molecular complexity index is 1080. The highest BCUT2D eigenvalue weighted by atomic mass is 19.1. The van der Waals surface area contributed by atoms with Crippen molar-refractivity contribution < 1.29 is 14.3 Å². The summed E-state index contributed by atoms with van der Waals surface area (Å²) in [4.78, 5) is 26.3. The van der Waals surface area contributed by atoms with E-state index in [4.69, 9.17) is 5.73 Å². The number of pyridine rings is 1.